The molecule has 2 rings (SSSR count). The SMILES string of the molecule is COc1ccc(/C=C(\C#N)C(=O)Nc2cccc(Cl)c2Cl)cc1Br. The second-order valence-corrected chi connectivity index (χ2v) is 6.26. The molecule has 0 saturated carbocycles. The molecule has 0 saturated heterocycles. The molecule has 0 aromatic heterocycles. The van der Waals surface area contributed by atoms with Crippen molar-refractivity contribution in [2.45, 2.75) is 0 Å². The van der Waals surface area contributed by atoms with E-state index in [2.05, 4.69) is 21.2 Å². The number of halogens is 3. The van der Waals surface area contributed by atoms with Crippen molar-refractivity contribution in [3.8, 4) is 11.8 Å². The fourth-order valence-corrected chi connectivity index (χ4v) is 2.78. The maximum Gasteiger partial charge on any atom is 0.266 e. The van der Waals surface area contributed by atoms with Crippen LogP contribution in [0.25, 0.3) is 6.08 Å². The number of ether oxygens (including phenoxy) is 1. The van der Waals surface area contributed by atoms with E-state index in [1.807, 2.05) is 6.07 Å². The Bertz CT molecular complexity index is 860. The summed E-state index contributed by atoms with van der Waals surface area (Å²) in [5.41, 5.74) is 0.945. The van der Waals surface area contributed by atoms with Crippen molar-refractivity contribution in [2.75, 3.05) is 12.4 Å². The van der Waals surface area contributed by atoms with Crippen LogP contribution in [0.2, 0.25) is 10.0 Å². The van der Waals surface area contributed by atoms with Gasteiger partial charge in [-0.25, -0.2) is 0 Å². The Hall–Kier alpha value is -2.00. The number of carbonyl (C=O) groups excluding carboxylic acids is 1. The van der Waals surface area contributed by atoms with Crippen LogP contribution in [-0.2, 0) is 4.79 Å². The number of hydrogen-bond donors (Lipinski definition) is 1. The van der Waals surface area contributed by atoms with Crippen LogP contribution >= 0.6 is 39.1 Å². The van der Waals surface area contributed by atoms with Crippen molar-refractivity contribution >= 4 is 56.8 Å². The number of rotatable bonds is 4. The van der Waals surface area contributed by atoms with E-state index in [-0.39, 0.29) is 10.6 Å². The number of methoxy groups -OCH3 is 1. The molecule has 0 aliphatic rings. The quantitative estimate of drug-likeness (QED) is 0.533. The number of benzene rings is 2. The van der Waals surface area contributed by atoms with E-state index in [9.17, 15) is 10.1 Å². The largest absolute Gasteiger partial charge is 0.496 e. The zero-order valence-electron chi connectivity index (χ0n) is 12.4. The highest BCUT2D eigenvalue weighted by Crippen LogP contribution is 2.30. The third-order valence-electron chi connectivity index (χ3n) is 3.05. The van der Waals surface area contributed by atoms with Crippen molar-refractivity contribution in [1.29, 1.82) is 5.26 Å². The zero-order valence-corrected chi connectivity index (χ0v) is 15.5. The third kappa shape index (κ3) is 4.30. The van der Waals surface area contributed by atoms with Gasteiger partial charge >= 0.3 is 0 Å². The van der Waals surface area contributed by atoms with E-state index >= 15 is 0 Å². The molecule has 2 aromatic rings. The summed E-state index contributed by atoms with van der Waals surface area (Å²) in [5, 5.41) is 12.4. The molecule has 0 atom stereocenters. The van der Waals surface area contributed by atoms with Gasteiger partial charge in [-0.1, -0.05) is 35.3 Å². The predicted octanol–water partition coefficient (Wildman–Crippen LogP) is 5.31. The van der Waals surface area contributed by atoms with Crippen molar-refractivity contribution in [3.63, 3.8) is 0 Å². The van der Waals surface area contributed by atoms with E-state index in [1.54, 1.807) is 43.5 Å². The molecule has 0 unspecified atom stereocenters. The Morgan fingerprint density at radius 1 is 1.33 bits per heavy atom. The number of amides is 1. The van der Waals surface area contributed by atoms with Gasteiger partial charge in [0.2, 0.25) is 0 Å². The van der Waals surface area contributed by atoms with Crippen LogP contribution in [0.5, 0.6) is 5.75 Å². The van der Waals surface area contributed by atoms with E-state index in [4.69, 9.17) is 27.9 Å². The normalized spacial score (nSPS) is 10.9. The number of anilines is 1. The standard InChI is InChI=1S/C17H11BrCl2N2O2/c1-24-15-6-5-10(8-12(15)18)7-11(9-21)17(23)22-14-4-2-3-13(19)16(14)20/h2-8H,1H3,(H,22,23)/b11-7+. The first kappa shape index (κ1) is 18.3. The molecule has 0 radical (unpaired) electrons. The van der Waals surface area contributed by atoms with Gasteiger partial charge in [-0.3, -0.25) is 4.79 Å². The van der Waals surface area contributed by atoms with Gasteiger partial charge in [-0.15, -0.1) is 0 Å². The molecule has 0 aliphatic carbocycles. The smallest absolute Gasteiger partial charge is 0.266 e. The van der Waals surface area contributed by atoms with Crippen LogP contribution in [0, 0.1) is 11.3 Å². The lowest BCUT2D eigenvalue weighted by molar-refractivity contribution is -0.112. The van der Waals surface area contributed by atoms with E-state index in [0.29, 0.717) is 26.5 Å². The fraction of sp³-hybridized carbons (Fsp3) is 0.0588. The Balaban J connectivity index is 2.27. The molecule has 0 bridgehead atoms. The minimum atomic E-state index is -0.575. The summed E-state index contributed by atoms with van der Waals surface area (Å²) in [6, 6.07) is 12.0. The average Bonchev–Trinajstić information content (AvgIpc) is 2.57. The maximum atomic E-state index is 12.3. The first-order chi connectivity index (χ1) is 11.5. The van der Waals surface area contributed by atoms with Gasteiger partial charge < -0.3 is 10.1 Å². The molecular formula is C17H11BrCl2N2O2. The van der Waals surface area contributed by atoms with Crippen molar-refractivity contribution in [2.24, 2.45) is 0 Å². The Kier molecular flexibility index (Phi) is 6.27. The number of nitrogens with one attached hydrogen (secondary N) is 1. The first-order valence-corrected chi connectivity index (χ1v) is 8.22. The topological polar surface area (TPSA) is 62.1 Å². The number of hydrogen-bond acceptors (Lipinski definition) is 3. The van der Waals surface area contributed by atoms with Crippen LogP contribution in [0.1, 0.15) is 5.56 Å². The Morgan fingerprint density at radius 3 is 2.71 bits per heavy atom. The summed E-state index contributed by atoms with van der Waals surface area (Å²) in [5.74, 6) is 0.0782. The van der Waals surface area contributed by atoms with Crippen LogP contribution < -0.4 is 10.1 Å². The second-order valence-electron chi connectivity index (χ2n) is 4.62. The molecule has 0 heterocycles. The highest BCUT2D eigenvalue weighted by Gasteiger charge is 2.13. The highest BCUT2D eigenvalue weighted by molar-refractivity contribution is 9.10. The molecule has 4 nitrogen and oxygen atoms in total. The van der Waals surface area contributed by atoms with E-state index in [0.717, 1.165) is 0 Å². The molecule has 7 heteroatoms. The molecule has 0 fully saturated rings. The molecule has 122 valence electrons. The van der Waals surface area contributed by atoms with Gasteiger partial charge in [0.05, 0.1) is 27.3 Å². The van der Waals surface area contributed by atoms with Crippen LogP contribution in [0.4, 0.5) is 5.69 Å². The maximum absolute atomic E-state index is 12.3. The molecule has 0 aliphatic heterocycles. The van der Waals surface area contributed by atoms with Gasteiger partial charge in [-0.05, 0) is 51.8 Å². The van der Waals surface area contributed by atoms with Crippen molar-refractivity contribution < 1.29 is 9.53 Å². The van der Waals surface area contributed by atoms with Gasteiger partial charge in [0.1, 0.15) is 17.4 Å². The minimum absolute atomic E-state index is 0.0666. The summed E-state index contributed by atoms with van der Waals surface area (Å²) in [6.07, 6.45) is 1.47. The number of nitrogens with zero attached hydrogens (tertiary/aromatic N) is 1. The van der Waals surface area contributed by atoms with Crippen LogP contribution in [0.3, 0.4) is 0 Å². The lowest BCUT2D eigenvalue weighted by Gasteiger charge is -2.08. The van der Waals surface area contributed by atoms with E-state index in [1.165, 1.54) is 6.08 Å². The summed E-state index contributed by atoms with van der Waals surface area (Å²) in [6.45, 7) is 0. The van der Waals surface area contributed by atoms with Crippen LogP contribution in [-0.4, -0.2) is 13.0 Å². The zero-order chi connectivity index (χ0) is 17.7. The minimum Gasteiger partial charge on any atom is -0.496 e. The summed E-state index contributed by atoms with van der Waals surface area (Å²) >= 11 is 15.3. The lowest BCUT2D eigenvalue weighted by Crippen LogP contribution is -2.13. The Morgan fingerprint density at radius 2 is 2.08 bits per heavy atom. The molecule has 2 aromatic carbocycles. The highest BCUT2D eigenvalue weighted by atomic mass is 79.9. The molecule has 0 spiro atoms. The van der Waals surface area contributed by atoms with Gasteiger partial charge in [0, 0.05) is 0 Å². The van der Waals surface area contributed by atoms with Crippen molar-refractivity contribution in [3.05, 3.63) is 62.1 Å². The predicted molar refractivity (Wildman–Crippen MR) is 99.4 cm³/mol. The van der Waals surface area contributed by atoms with Gasteiger partial charge in [0.25, 0.3) is 5.91 Å². The first-order valence-electron chi connectivity index (χ1n) is 6.67. The van der Waals surface area contributed by atoms with E-state index < -0.39 is 5.91 Å². The number of nitriles is 1. The Labute approximate surface area is 157 Å². The lowest BCUT2D eigenvalue weighted by atomic mass is 10.1. The van der Waals surface area contributed by atoms with Crippen LogP contribution in [0.15, 0.2) is 46.4 Å². The van der Waals surface area contributed by atoms with Gasteiger partial charge in [0.15, 0.2) is 0 Å². The average molecular weight is 426 g/mol. The monoisotopic (exact) mass is 424 g/mol. The van der Waals surface area contributed by atoms with Gasteiger partial charge in [-0.2, -0.15) is 5.26 Å². The second kappa shape index (κ2) is 8.20. The van der Waals surface area contributed by atoms with Crippen molar-refractivity contribution in [1.82, 2.24) is 0 Å². The fourth-order valence-electron chi connectivity index (χ4n) is 1.88. The number of carbonyl (C=O) groups is 1. The molecule has 1 N–H and O–H groups in total. The molecular weight excluding hydrogens is 415 g/mol. The summed E-state index contributed by atoms with van der Waals surface area (Å²) in [4.78, 5) is 12.3. The molecule has 24 heavy (non-hydrogen) atoms. The summed E-state index contributed by atoms with van der Waals surface area (Å²) < 4.78 is 5.86. The molecule has 1 amide bonds. The third-order valence-corrected chi connectivity index (χ3v) is 4.49. The summed E-state index contributed by atoms with van der Waals surface area (Å²) in [7, 11) is 1.55.